The Labute approximate surface area is 172 Å². The van der Waals surface area contributed by atoms with Gasteiger partial charge in [0.2, 0.25) is 5.75 Å². The molecule has 7 nitrogen and oxygen atoms in total. The van der Waals surface area contributed by atoms with Crippen molar-refractivity contribution in [2.45, 2.75) is 6.92 Å². The molecule has 2 aromatic carbocycles. The molecule has 3 aromatic rings. The van der Waals surface area contributed by atoms with Gasteiger partial charge in [0.25, 0.3) is 0 Å². The molecule has 30 heavy (non-hydrogen) atoms. The molecule has 0 unspecified atom stereocenters. The third-order valence-corrected chi connectivity index (χ3v) is 5.24. The van der Waals surface area contributed by atoms with Crippen LogP contribution in [0.4, 0.5) is 0 Å². The SMILES string of the molecule is COc1cc(C=C2C=C(C)c3cc4oc(=O)n(C)c4cc3C2=O)cc(OC)c1OC. The number of carbonyl (C=O) groups is 1. The highest BCUT2D eigenvalue weighted by atomic mass is 16.5. The van der Waals surface area contributed by atoms with E-state index in [1.807, 2.05) is 13.0 Å². The van der Waals surface area contributed by atoms with E-state index in [1.165, 1.54) is 11.7 Å². The van der Waals surface area contributed by atoms with E-state index < -0.39 is 5.76 Å². The van der Waals surface area contributed by atoms with Gasteiger partial charge in [0.15, 0.2) is 22.9 Å². The van der Waals surface area contributed by atoms with E-state index in [9.17, 15) is 9.59 Å². The van der Waals surface area contributed by atoms with Crippen molar-refractivity contribution >= 4 is 28.5 Å². The minimum absolute atomic E-state index is 0.139. The Hall–Kier alpha value is -3.74. The number of nitrogens with zero attached hydrogens (tertiary/aromatic N) is 1. The quantitative estimate of drug-likeness (QED) is 0.612. The van der Waals surface area contributed by atoms with E-state index in [0.29, 0.717) is 39.5 Å². The molecular formula is C23H21NO6. The third-order valence-electron chi connectivity index (χ3n) is 5.24. The summed E-state index contributed by atoms with van der Waals surface area (Å²) in [6, 6.07) is 7.01. The first-order valence-corrected chi connectivity index (χ1v) is 9.26. The fourth-order valence-electron chi connectivity index (χ4n) is 3.69. The Balaban J connectivity index is 1.86. The van der Waals surface area contributed by atoms with Crippen LogP contribution >= 0.6 is 0 Å². The van der Waals surface area contributed by atoms with E-state index >= 15 is 0 Å². The van der Waals surface area contributed by atoms with E-state index in [-0.39, 0.29) is 5.78 Å². The average molecular weight is 407 g/mol. The van der Waals surface area contributed by atoms with Crippen molar-refractivity contribution in [2.75, 3.05) is 21.3 Å². The highest BCUT2D eigenvalue weighted by Crippen LogP contribution is 2.39. The van der Waals surface area contributed by atoms with Gasteiger partial charge in [-0.05, 0) is 60.0 Å². The lowest BCUT2D eigenvalue weighted by atomic mass is 9.86. The monoisotopic (exact) mass is 407 g/mol. The summed E-state index contributed by atoms with van der Waals surface area (Å²) in [6.45, 7) is 1.92. The Morgan fingerprint density at radius 1 is 0.933 bits per heavy atom. The lowest BCUT2D eigenvalue weighted by molar-refractivity contribution is 0.103. The molecule has 0 spiro atoms. The molecule has 0 fully saturated rings. The van der Waals surface area contributed by atoms with Crippen molar-refractivity contribution in [3.8, 4) is 17.2 Å². The summed E-state index contributed by atoms with van der Waals surface area (Å²) in [5.74, 6) is 0.887. The summed E-state index contributed by atoms with van der Waals surface area (Å²) in [4.78, 5) is 25.1. The zero-order chi connectivity index (χ0) is 21.6. The minimum atomic E-state index is -0.463. The topological polar surface area (TPSA) is 79.9 Å². The van der Waals surface area contributed by atoms with Gasteiger partial charge in [0.05, 0.1) is 26.8 Å². The summed E-state index contributed by atoms with van der Waals surface area (Å²) in [5.41, 5.74) is 4.46. The second-order valence-electron chi connectivity index (χ2n) is 7.01. The largest absolute Gasteiger partial charge is 0.493 e. The van der Waals surface area contributed by atoms with Gasteiger partial charge in [-0.1, -0.05) is 0 Å². The number of rotatable bonds is 4. The highest BCUT2D eigenvalue weighted by molar-refractivity contribution is 6.19. The number of allylic oxidation sites excluding steroid dienone is 3. The van der Waals surface area contributed by atoms with Crippen molar-refractivity contribution < 1.29 is 23.4 Å². The van der Waals surface area contributed by atoms with Gasteiger partial charge in [-0.2, -0.15) is 0 Å². The van der Waals surface area contributed by atoms with Crippen LogP contribution in [0.1, 0.15) is 28.4 Å². The van der Waals surface area contributed by atoms with Crippen LogP contribution in [0.5, 0.6) is 17.2 Å². The molecule has 1 aromatic heterocycles. The molecule has 1 aliphatic rings. The number of ketones is 1. The van der Waals surface area contributed by atoms with E-state index in [4.69, 9.17) is 18.6 Å². The summed E-state index contributed by atoms with van der Waals surface area (Å²) < 4.78 is 22.8. The van der Waals surface area contributed by atoms with Gasteiger partial charge in [-0.3, -0.25) is 9.36 Å². The van der Waals surface area contributed by atoms with Crippen LogP contribution in [-0.4, -0.2) is 31.7 Å². The Bertz CT molecular complexity index is 1280. The second-order valence-corrected chi connectivity index (χ2v) is 7.01. The summed E-state index contributed by atoms with van der Waals surface area (Å²) in [6.07, 6.45) is 3.60. The van der Waals surface area contributed by atoms with E-state index in [0.717, 1.165) is 16.7 Å². The molecule has 0 radical (unpaired) electrons. The van der Waals surface area contributed by atoms with Crippen LogP contribution < -0.4 is 20.0 Å². The Kier molecular flexibility index (Phi) is 4.73. The number of aryl methyl sites for hydroxylation is 1. The van der Waals surface area contributed by atoms with Crippen molar-refractivity contribution in [1.82, 2.24) is 4.57 Å². The standard InChI is InChI=1S/C23H21NO6/c1-12-6-14(7-13-8-19(27-3)22(29-5)20(9-13)28-4)21(25)16-10-17-18(11-15(12)16)30-23(26)24(17)2/h6-11H,1-5H3. The second kappa shape index (κ2) is 7.26. The molecule has 154 valence electrons. The zero-order valence-corrected chi connectivity index (χ0v) is 17.4. The first kappa shape index (κ1) is 19.6. The molecular weight excluding hydrogens is 386 g/mol. The third kappa shape index (κ3) is 2.99. The van der Waals surface area contributed by atoms with E-state index in [1.54, 1.807) is 51.6 Å². The molecule has 0 atom stereocenters. The number of benzene rings is 2. The predicted molar refractivity (Wildman–Crippen MR) is 114 cm³/mol. The number of ether oxygens (including phenoxy) is 3. The molecule has 4 rings (SSSR count). The maximum Gasteiger partial charge on any atom is 0.419 e. The Morgan fingerprint density at radius 2 is 1.60 bits per heavy atom. The fourth-order valence-corrected chi connectivity index (χ4v) is 3.69. The van der Waals surface area contributed by atoms with Crippen LogP contribution in [-0.2, 0) is 7.05 Å². The molecule has 0 saturated carbocycles. The minimum Gasteiger partial charge on any atom is -0.493 e. The predicted octanol–water partition coefficient (Wildman–Crippen LogP) is 3.84. The molecule has 0 saturated heterocycles. The van der Waals surface area contributed by atoms with Crippen molar-refractivity contribution in [2.24, 2.45) is 7.05 Å². The van der Waals surface area contributed by atoms with Crippen LogP contribution in [0.15, 0.2) is 45.1 Å². The number of Topliss-reactive ketones (excluding diaryl/α,β-unsaturated/α-hetero) is 1. The molecule has 0 amide bonds. The van der Waals surface area contributed by atoms with Crippen molar-refractivity contribution in [1.29, 1.82) is 0 Å². The summed E-state index contributed by atoms with van der Waals surface area (Å²) >= 11 is 0. The number of oxazole rings is 1. The molecule has 7 heteroatoms. The van der Waals surface area contributed by atoms with Gasteiger partial charge in [-0.25, -0.2) is 4.79 Å². The molecule has 1 aliphatic carbocycles. The number of fused-ring (bicyclic) bond motifs is 2. The number of hydrogen-bond acceptors (Lipinski definition) is 6. The van der Waals surface area contributed by atoms with Crippen LogP contribution in [0.3, 0.4) is 0 Å². The zero-order valence-electron chi connectivity index (χ0n) is 17.4. The normalized spacial score (nSPS) is 14.6. The van der Waals surface area contributed by atoms with Crippen LogP contribution in [0, 0.1) is 0 Å². The Morgan fingerprint density at radius 3 is 2.20 bits per heavy atom. The van der Waals surface area contributed by atoms with Gasteiger partial charge in [0.1, 0.15) is 0 Å². The van der Waals surface area contributed by atoms with Crippen molar-refractivity contribution in [3.05, 3.63) is 63.2 Å². The van der Waals surface area contributed by atoms with Gasteiger partial charge in [-0.15, -0.1) is 0 Å². The smallest absolute Gasteiger partial charge is 0.419 e. The number of aromatic nitrogens is 1. The first-order chi connectivity index (χ1) is 14.4. The lowest BCUT2D eigenvalue weighted by Crippen LogP contribution is -2.12. The maximum atomic E-state index is 13.2. The average Bonchev–Trinajstić information content (AvgIpc) is 3.03. The maximum absolute atomic E-state index is 13.2. The molecule has 0 bridgehead atoms. The molecule has 0 aliphatic heterocycles. The number of carbonyl (C=O) groups excluding carboxylic acids is 1. The first-order valence-electron chi connectivity index (χ1n) is 9.26. The van der Waals surface area contributed by atoms with Crippen LogP contribution in [0.2, 0.25) is 0 Å². The highest BCUT2D eigenvalue weighted by Gasteiger charge is 2.24. The van der Waals surface area contributed by atoms with Gasteiger partial charge >= 0.3 is 5.76 Å². The van der Waals surface area contributed by atoms with Crippen molar-refractivity contribution in [3.63, 3.8) is 0 Å². The molecule has 0 N–H and O–H groups in total. The number of hydrogen-bond donors (Lipinski definition) is 0. The number of methoxy groups -OCH3 is 3. The molecule has 1 heterocycles. The van der Waals surface area contributed by atoms with Gasteiger partial charge < -0.3 is 18.6 Å². The fraction of sp³-hybridized carbons (Fsp3) is 0.217. The van der Waals surface area contributed by atoms with Crippen LogP contribution in [0.25, 0.3) is 22.7 Å². The lowest BCUT2D eigenvalue weighted by Gasteiger charge is -2.17. The van der Waals surface area contributed by atoms with Gasteiger partial charge in [0, 0.05) is 18.2 Å². The van der Waals surface area contributed by atoms with E-state index in [2.05, 4.69) is 0 Å². The summed E-state index contributed by atoms with van der Waals surface area (Å²) in [5, 5.41) is 0. The summed E-state index contributed by atoms with van der Waals surface area (Å²) in [7, 11) is 6.24.